The van der Waals surface area contributed by atoms with Gasteiger partial charge in [-0.2, -0.15) is 4.68 Å². The van der Waals surface area contributed by atoms with E-state index in [1.807, 2.05) is 0 Å². The number of carboxylic acid groups (broad SMARTS) is 1. The Bertz CT molecular complexity index is 1810. The number of carbonyl (C=O) groups excluding carboxylic acids is 1. The van der Waals surface area contributed by atoms with Crippen LogP contribution in [0.4, 0.5) is 10.1 Å². The highest BCUT2D eigenvalue weighted by molar-refractivity contribution is 6.31. The van der Waals surface area contributed by atoms with Crippen molar-refractivity contribution in [1.29, 1.82) is 0 Å². The number of nitrogens with one attached hydrogen (secondary N) is 1. The van der Waals surface area contributed by atoms with Gasteiger partial charge in [0.25, 0.3) is 5.56 Å². The maximum Gasteiger partial charge on any atom is 0.371 e. The van der Waals surface area contributed by atoms with Crippen LogP contribution < -0.4 is 10.9 Å². The zero-order valence-electron chi connectivity index (χ0n) is 19.3. The molecule has 1 aliphatic heterocycles. The van der Waals surface area contributed by atoms with E-state index in [0.717, 1.165) is 0 Å². The number of anilines is 1. The average molecular weight is 535 g/mol. The largest absolute Gasteiger partial charge is 0.475 e. The SMILES string of the molecule is O=C(O)c1cc2cc(NC(=O)[C@@H]3CCc4cc(-c5c(-n6cnnn6)ccc(Cl)c5F)cc(=O)n43)ccc2o1. The first-order chi connectivity index (χ1) is 18.3. The molecule has 1 amide bonds. The standard InChI is InChI=1S/C25H16ClFN6O5/c26-16-3-5-17(32-11-28-30-31-32)22(23(16)27)13-8-15-2-4-18(33(15)21(34)10-13)24(35)29-14-1-6-19-12(7-14)9-20(38-19)25(36)37/h1,3,5-11,18H,2,4H2,(H,29,35)(H,36,37)/t18-/m0/s1. The van der Waals surface area contributed by atoms with Crippen molar-refractivity contribution in [2.24, 2.45) is 0 Å². The van der Waals surface area contributed by atoms with Gasteiger partial charge in [0.2, 0.25) is 11.7 Å². The summed E-state index contributed by atoms with van der Waals surface area (Å²) >= 11 is 6.04. The Morgan fingerprint density at radius 2 is 2.00 bits per heavy atom. The van der Waals surface area contributed by atoms with Crippen LogP contribution in [-0.4, -0.2) is 41.8 Å². The molecule has 2 N–H and O–H groups in total. The van der Waals surface area contributed by atoms with Gasteiger partial charge in [0.1, 0.15) is 18.0 Å². The Balaban J connectivity index is 1.33. The van der Waals surface area contributed by atoms with Gasteiger partial charge in [-0.3, -0.25) is 9.59 Å². The molecule has 0 unspecified atom stereocenters. The first-order valence-electron chi connectivity index (χ1n) is 11.3. The first kappa shape index (κ1) is 23.6. The molecule has 1 atom stereocenters. The third kappa shape index (κ3) is 3.91. The number of pyridine rings is 1. The van der Waals surface area contributed by atoms with Crippen LogP contribution in [0.25, 0.3) is 27.8 Å². The Kier molecular flexibility index (Phi) is 5.53. The summed E-state index contributed by atoms with van der Waals surface area (Å²) in [6, 6.07) is 11.1. The van der Waals surface area contributed by atoms with Gasteiger partial charge in [-0.05, 0) is 71.3 Å². The van der Waals surface area contributed by atoms with E-state index >= 15 is 4.39 Å². The molecule has 6 rings (SSSR count). The maximum absolute atomic E-state index is 15.2. The number of aromatic nitrogens is 5. The van der Waals surface area contributed by atoms with E-state index in [0.29, 0.717) is 40.9 Å². The lowest BCUT2D eigenvalue weighted by molar-refractivity contribution is -0.119. The molecule has 0 saturated carbocycles. The molecule has 11 nitrogen and oxygen atoms in total. The zero-order chi connectivity index (χ0) is 26.6. The Morgan fingerprint density at radius 3 is 2.76 bits per heavy atom. The lowest BCUT2D eigenvalue weighted by Gasteiger charge is -2.16. The summed E-state index contributed by atoms with van der Waals surface area (Å²) in [6.07, 6.45) is 2.07. The highest BCUT2D eigenvalue weighted by Crippen LogP contribution is 2.35. The number of aromatic carboxylic acids is 1. The van der Waals surface area contributed by atoms with Crippen molar-refractivity contribution in [3.8, 4) is 16.8 Å². The molecule has 0 radical (unpaired) electrons. The zero-order valence-corrected chi connectivity index (χ0v) is 20.0. The van der Waals surface area contributed by atoms with Gasteiger partial charge in [-0.15, -0.1) is 5.10 Å². The van der Waals surface area contributed by atoms with Gasteiger partial charge in [-0.1, -0.05) is 11.6 Å². The van der Waals surface area contributed by atoms with Crippen molar-refractivity contribution in [2.75, 3.05) is 5.32 Å². The number of halogens is 2. The monoisotopic (exact) mass is 534 g/mol. The number of fused-ring (bicyclic) bond motifs is 2. The lowest BCUT2D eigenvalue weighted by atomic mass is 10.0. The van der Waals surface area contributed by atoms with E-state index in [1.54, 1.807) is 30.3 Å². The Labute approximate surface area is 217 Å². The van der Waals surface area contributed by atoms with Gasteiger partial charge < -0.3 is 19.4 Å². The van der Waals surface area contributed by atoms with Gasteiger partial charge in [0, 0.05) is 28.4 Å². The predicted octanol–water partition coefficient (Wildman–Crippen LogP) is 3.85. The summed E-state index contributed by atoms with van der Waals surface area (Å²) in [5.74, 6) is -2.55. The Morgan fingerprint density at radius 1 is 1.16 bits per heavy atom. The third-order valence-corrected chi connectivity index (χ3v) is 6.68. The molecular weight excluding hydrogens is 519 g/mol. The second-order valence-corrected chi connectivity index (χ2v) is 9.07. The number of amides is 1. The predicted molar refractivity (Wildman–Crippen MR) is 133 cm³/mol. The molecule has 0 aliphatic carbocycles. The quantitative estimate of drug-likeness (QED) is 0.346. The molecule has 5 aromatic rings. The molecule has 2 aromatic carbocycles. The number of furan rings is 1. The Hall–Kier alpha value is -4.84. The van der Waals surface area contributed by atoms with E-state index in [1.165, 1.54) is 33.8 Å². The topological polar surface area (TPSA) is 145 Å². The highest BCUT2D eigenvalue weighted by Gasteiger charge is 2.31. The summed E-state index contributed by atoms with van der Waals surface area (Å²) in [5.41, 5.74) is 1.52. The normalized spacial score (nSPS) is 14.5. The molecule has 190 valence electrons. The fourth-order valence-electron chi connectivity index (χ4n) is 4.72. The number of hydrogen-bond donors (Lipinski definition) is 2. The number of rotatable bonds is 5. The van der Waals surface area contributed by atoms with Crippen molar-refractivity contribution >= 4 is 40.1 Å². The fraction of sp³-hybridized carbons (Fsp3) is 0.120. The van der Waals surface area contributed by atoms with Gasteiger partial charge in [-0.25, -0.2) is 9.18 Å². The minimum atomic E-state index is -1.20. The molecule has 0 saturated heterocycles. The number of nitrogens with zero attached hydrogens (tertiary/aromatic N) is 5. The summed E-state index contributed by atoms with van der Waals surface area (Å²) in [6.45, 7) is 0. The van der Waals surface area contributed by atoms with E-state index < -0.39 is 29.3 Å². The van der Waals surface area contributed by atoms with Gasteiger partial charge >= 0.3 is 5.97 Å². The highest BCUT2D eigenvalue weighted by atomic mass is 35.5. The molecule has 0 bridgehead atoms. The molecule has 13 heteroatoms. The van der Waals surface area contributed by atoms with Crippen LogP contribution in [0.15, 0.2) is 64.1 Å². The first-order valence-corrected chi connectivity index (χ1v) is 11.7. The number of carbonyl (C=O) groups is 2. The molecule has 0 fully saturated rings. The molecule has 0 spiro atoms. The third-order valence-electron chi connectivity index (χ3n) is 6.39. The van der Waals surface area contributed by atoms with E-state index in [4.69, 9.17) is 21.1 Å². The summed E-state index contributed by atoms with van der Waals surface area (Å²) in [4.78, 5) is 37.5. The number of aryl methyl sites for hydroxylation is 1. The smallest absolute Gasteiger partial charge is 0.371 e. The molecule has 38 heavy (non-hydrogen) atoms. The summed E-state index contributed by atoms with van der Waals surface area (Å²) in [5, 5.41) is 23.3. The molecule has 3 aromatic heterocycles. The number of benzene rings is 2. The van der Waals surface area contributed by atoms with E-state index in [9.17, 15) is 14.4 Å². The van der Waals surface area contributed by atoms with Crippen molar-refractivity contribution in [1.82, 2.24) is 24.8 Å². The van der Waals surface area contributed by atoms with Crippen LogP contribution >= 0.6 is 11.6 Å². The molecular formula is C25H16ClFN6O5. The second-order valence-electron chi connectivity index (χ2n) is 8.67. The van der Waals surface area contributed by atoms with Crippen molar-refractivity contribution in [3.05, 3.63) is 87.5 Å². The van der Waals surface area contributed by atoms with Crippen LogP contribution in [0, 0.1) is 5.82 Å². The molecule has 4 heterocycles. The van der Waals surface area contributed by atoms with E-state index in [-0.39, 0.29) is 21.9 Å². The maximum atomic E-state index is 15.2. The van der Waals surface area contributed by atoms with Crippen molar-refractivity contribution in [3.63, 3.8) is 0 Å². The van der Waals surface area contributed by atoms with E-state index in [2.05, 4.69) is 20.8 Å². The van der Waals surface area contributed by atoms with Crippen LogP contribution in [-0.2, 0) is 11.2 Å². The summed E-state index contributed by atoms with van der Waals surface area (Å²) < 4.78 is 23.1. The van der Waals surface area contributed by atoms with Crippen LogP contribution in [0.1, 0.15) is 28.7 Å². The van der Waals surface area contributed by atoms with Gasteiger partial charge in [0.05, 0.1) is 10.7 Å². The summed E-state index contributed by atoms with van der Waals surface area (Å²) in [7, 11) is 0. The van der Waals surface area contributed by atoms with Gasteiger partial charge in [0.15, 0.2) is 5.82 Å². The van der Waals surface area contributed by atoms with Crippen LogP contribution in [0.3, 0.4) is 0 Å². The minimum absolute atomic E-state index is 0.0624. The second kappa shape index (κ2) is 8.92. The minimum Gasteiger partial charge on any atom is -0.475 e. The van der Waals surface area contributed by atoms with Crippen LogP contribution in [0.5, 0.6) is 0 Å². The molecule has 1 aliphatic rings. The fourth-order valence-corrected chi connectivity index (χ4v) is 4.87. The van der Waals surface area contributed by atoms with Crippen molar-refractivity contribution < 1.29 is 23.5 Å². The number of carboxylic acids is 1. The van der Waals surface area contributed by atoms with Crippen molar-refractivity contribution in [2.45, 2.75) is 18.9 Å². The van der Waals surface area contributed by atoms with Crippen LogP contribution in [0.2, 0.25) is 5.02 Å². The average Bonchev–Trinajstić information content (AvgIpc) is 3.65. The number of hydrogen-bond acceptors (Lipinski definition) is 7. The lowest BCUT2D eigenvalue weighted by Crippen LogP contribution is -2.31. The number of tetrazole rings is 1.